The third-order valence-corrected chi connectivity index (χ3v) is 3.42. The third-order valence-electron chi connectivity index (χ3n) is 0.737. The zero-order valence-corrected chi connectivity index (χ0v) is 9.94. The molecule has 0 aromatic carbocycles. The molecule has 0 aliphatic heterocycles. The van der Waals surface area contributed by atoms with E-state index in [1.165, 1.54) is 0 Å². The second kappa shape index (κ2) is 3.24. The van der Waals surface area contributed by atoms with Crippen LogP contribution in [0.5, 0.6) is 0 Å². The fraction of sp³-hybridized carbons (Fsp3) is 0. The normalized spacial score (nSPS) is 9.67. The van der Waals surface area contributed by atoms with Crippen molar-refractivity contribution in [2.24, 2.45) is 0 Å². The molecule has 1 aromatic rings. The topological polar surface area (TPSA) is 25.8 Å². The van der Waals surface area contributed by atoms with E-state index in [1.54, 1.807) is 6.20 Å². The van der Waals surface area contributed by atoms with Gasteiger partial charge in [-0.2, -0.15) is 0 Å². The summed E-state index contributed by atoms with van der Waals surface area (Å²) in [6.07, 6.45) is 1.79. The summed E-state index contributed by atoms with van der Waals surface area (Å²) in [4.78, 5) is 8.07. The molecule has 42 valence electrons. The van der Waals surface area contributed by atoms with Crippen molar-refractivity contribution in [3.05, 3.63) is 6.20 Å². The van der Waals surface area contributed by atoms with Gasteiger partial charge in [0.25, 0.3) is 0 Å². The summed E-state index contributed by atoms with van der Waals surface area (Å²) < 4.78 is 2.78. The first-order valence-corrected chi connectivity index (χ1v) is 4.95. The second-order valence-electron chi connectivity index (χ2n) is 1.38. The molecule has 9 heavy (non-hydrogen) atoms. The van der Waals surface area contributed by atoms with Gasteiger partial charge in [0, 0.05) is 0 Å². The number of hydrogen-bond acceptors (Lipinski definition) is 2. The van der Waals surface area contributed by atoms with Gasteiger partial charge in [-0.05, 0) is 0 Å². The summed E-state index contributed by atoms with van der Waals surface area (Å²) in [6.45, 7) is 0. The quantitative estimate of drug-likeness (QED) is 0.473. The third kappa shape index (κ3) is 2.11. The maximum atomic E-state index is 4.09. The van der Waals surface area contributed by atoms with E-state index in [9.17, 15) is 0 Å². The molecule has 0 N–H and O–H groups in total. The van der Waals surface area contributed by atoms with Crippen LogP contribution in [0.2, 0.25) is 0 Å². The van der Waals surface area contributed by atoms with Crippen LogP contribution in [0.15, 0.2) is 6.20 Å². The van der Waals surface area contributed by atoms with Crippen molar-refractivity contribution in [2.45, 2.75) is 0 Å². The molecule has 0 fully saturated rings. The Hall–Kier alpha value is 0.755. The maximum absolute atomic E-state index is 4.09. The van der Waals surface area contributed by atoms with E-state index in [2.05, 4.69) is 60.5 Å². The zero-order chi connectivity index (χ0) is 6.85. The fourth-order valence-electron chi connectivity index (χ4n) is 0.357. The fourth-order valence-corrected chi connectivity index (χ4v) is 1.61. The van der Waals surface area contributed by atoms with E-state index in [1.807, 2.05) is 0 Å². The number of nitrogens with zero attached hydrogens (tertiary/aromatic N) is 2. The molecule has 2 nitrogen and oxygen atoms in total. The molecule has 0 aliphatic carbocycles. The van der Waals surface area contributed by atoms with Crippen LogP contribution in [-0.2, 0) is 0 Å². The second-order valence-corrected chi connectivity index (χ2v) is 4.12. The summed E-state index contributed by atoms with van der Waals surface area (Å²) in [5.74, 6) is 0. The Balaban J connectivity index is 3.17. The van der Waals surface area contributed by atoms with Crippen molar-refractivity contribution in [3.8, 4) is 0 Å². The van der Waals surface area contributed by atoms with Crippen LogP contribution >= 0.6 is 0 Å². The van der Waals surface area contributed by atoms with Gasteiger partial charge in [-0.25, -0.2) is 0 Å². The van der Waals surface area contributed by atoms with Crippen molar-refractivity contribution >= 4 is 64.0 Å². The molecule has 6 radical (unpaired) electrons. The molecule has 0 bridgehead atoms. The minimum absolute atomic E-state index is 0.757. The summed E-state index contributed by atoms with van der Waals surface area (Å²) in [6, 6.07) is 0. The molecule has 5 heteroatoms. The summed E-state index contributed by atoms with van der Waals surface area (Å²) in [5, 5.41) is 0. The van der Waals surface area contributed by atoms with Gasteiger partial charge in [0.2, 0.25) is 0 Å². The van der Waals surface area contributed by atoms with Gasteiger partial charge >= 0.3 is 80.2 Å². The minimum atomic E-state index is 0.757. The Morgan fingerprint density at radius 1 is 1.22 bits per heavy atom. The van der Waals surface area contributed by atoms with Crippen LogP contribution in [-0.4, -0.2) is 60.5 Å². The van der Waals surface area contributed by atoms with Crippen molar-refractivity contribution in [1.82, 2.24) is 9.97 Å². The van der Waals surface area contributed by atoms with Gasteiger partial charge in [-0.3, -0.25) is 0 Å². The average molecular weight is 302 g/mol. The van der Waals surface area contributed by atoms with Crippen LogP contribution in [0.25, 0.3) is 0 Å². The van der Waals surface area contributed by atoms with E-state index >= 15 is 0 Å². The molecule has 1 rings (SSSR count). The molecular weight excluding hydrogens is 301 g/mol. The molecule has 1 aromatic heterocycles. The van der Waals surface area contributed by atoms with Gasteiger partial charge in [0.15, 0.2) is 0 Å². The Labute approximate surface area is 79.7 Å². The zero-order valence-electron chi connectivity index (χ0n) is 4.31. The Kier molecular flexibility index (Phi) is 2.83. The van der Waals surface area contributed by atoms with E-state index in [-0.39, 0.29) is 0 Å². The molecule has 0 saturated heterocycles. The van der Waals surface area contributed by atoms with Crippen LogP contribution in [0.4, 0.5) is 0 Å². The molecule has 0 aliphatic rings. The first-order valence-electron chi connectivity index (χ1n) is 2.14. The molecule has 0 spiro atoms. The van der Waals surface area contributed by atoms with Gasteiger partial charge < -0.3 is 0 Å². The van der Waals surface area contributed by atoms with E-state index in [0.29, 0.717) is 0 Å². The number of aromatic nitrogens is 2. The summed E-state index contributed by atoms with van der Waals surface area (Å²) in [5.41, 5.74) is 0. The summed E-state index contributed by atoms with van der Waals surface area (Å²) >= 11 is 7.12. The molecular formula is C4HAs3N2. The monoisotopic (exact) mass is 302 g/mol. The molecule has 0 saturated carbocycles. The number of hydrogen-bond donors (Lipinski definition) is 0. The average Bonchev–Trinajstić information content (AvgIpc) is 1.80. The predicted molar refractivity (Wildman–Crippen MR) is 38.2 cm³/mol. The Morgan fingerprint density at radius 3 is 2.33 bits per heavy atom. The van der Waals surface area contributed by atoms with Crippen molar-refractivity contribution in [3.63, 3.8) is 0 Å². The predicted octanol–water partition coefficient (Wildman–Crippen LogP) is -3.14. The first kappa shape index (κ1) is 7.86. The van der Waals surface area contributed by atoms with Crippen molar-refractivity contribution < 1.29 is 0 Å². The van der Waals surface area contributed by atoms with Crippen LogP contribution < -0.4 is 13.4 Å². The Bertz CT molecular complexity index is 225. The van der Waals surface area contributed by atoms with Crippen LogP contribution in [0.1, 0.15) is 0 Å². The molecule has 0 unspecified atom stereocenters. The SMILES string of the molecule is [As]c1ncc([As])c([As])n1. The van der Waals surface area contributed by atoms with Gasteiger partial charge in [-0.15, -0.1) is 0 Å². The van der Waals surface area contributed by atoms with Crippen LogP contribution in [0, 0.1) is 0 Å². The van der Waals surface area contributed by atoms with E-state index in [0.717, 1.165) is 13.4 Å². The van der Waals surface area contributed by atoms with E-state index < -0.39 is 0 Å². The number of rotatable bonds is 0. The standard InChI is InChI=1S/C4HAs3N2/c5-2-1-8-4(7)9-3(2)6/h1H. The molecule has 0 amide bonds. The van der Waals surface area contributed by atoms with Crippen LogP contribution in [0.3, 0.4) is 0 Å². The Morgan fingerprint density at radius 2 is 1.89 bits per heavy atom. The van der Waals surface area contributed by atoms with Crippen molar-refractivity contribution in [2.75, 3.05) is 0 Å². The van der Waals surface area contributed by atoms with Gasteiger partial charge in [0.05, 0.1) is 0 Å². The first-order chi connectivity index (χ1) is 4.20. The molecule has 0 atom stereocenters. The van der Waals surface area contributed by atoms with Crippen molar-refractivity contribution in [1.29, 1.82) is 0 Å². The van der Waals surface area contributed by atoms with Gasteiger partial charge in [-0.1, -0.05) is 0 Å². The van der Waals surface area contributed by atoms with Gasteiger partial charge in [0.1, 0.15) is 0 Å². The van der Waals surface area contributed by atoms with E-state index in [4.69, 9.17) is 0 Å². The molecule has 1 heterocycles. The summed E-state index contributed by atoms with van der Waals surface area (Å²) in [7, 11) is 0.